The molecule has 2 aliphatic carbocycles. The van der Waals surface area contributed by atoms with Gasteiger partial charge < -0.3 is 4.90 Å². The highest BCUT2D eigenvalue weighted by Crippen LogP contribution is 2.46. The monoisotopic (exact) mass is 290 g/mol. The Kier molecular flexibility index (Phi) is 3.39. The van der Waals surface area contributed by atoms with E-state index >= 15 is 0 Å². The van der Waals surface area contributed by atoms with Crippen LogP contribution in [0.2, 0.25) is 5.02 Å². The van der Waals surface area contributed by atoms with Crippen molar-refractivity contribution >= 4 is 17.3 Å². The molecule has 108 valence electrons. The van der Waals surface area contributed by atoms with Crippen molar-refractivity contribution < 1.29 is 0 Å². The number of benzene rings is 1. The van der Waals surface area contributed by atoms with Crippen LogP contribution in [-0.4, -0.2) is 37.1 Å². The zero-order chi connectivity index (χ0) is 13.5. The van der Waals surface area contributed by atoms with Gasteiger partial charge in [-0.1, -0.05) is 24.1 Å². The van der Waals surface area contributed by atoms with Crippen molar-refractivity contribution in [3.63, 3.8) is 0 Å². The second kappa shape index (κ2) is 5.23. The van der Waals surface area contributed by atoms with Crippen molar-refractivity contribution in [2.45, 2.75) is 31.7 Å². The topological polar surface area (TPSA) is 6.48 Å². The number of anilines is 1. The van der Waals surface area contributed by atoms with Crippen LogP contribution in [0, 0.1) is 11.8 Å². The molecule has 0 aromatic heterocycles. The number of hydrogen-bond acceptors (Lipinski definition) is 2. The van der Waals surface area contributed by atoms with E-state index in [1.807, 2.05) is 6.07 Å². The van der Waals surface area contributed by atoms with Gasteiger partial charge in [-0.25, -0.2) is 0 Å². The van der Waals surface area contributed by atoms with Crippen LogP contribution in [-0.2, 0) is 0 Å². The van der Waals surface area contributed by atoms with Crippen molar-refractivity contribution in [2.75, 3.05) is 31.1 Å². The minimum atomic E-state index is 0.845. The summed E-state index contributed by atoms with van der Waals surface area (Å²) in [6.07, 6.45) is 5.98. The normalized spacial score (nSPS) is 33.9. The molecule has 1 saturated heterocycles. The molecule has 0 amide bonds. The van der Waals surface area contributed by atoms with Crippen LogP contribution in [0.25, 0.3) is 0 Å². The van der Waals surface area contributed by atoms with Crippen LogP contribution in [0.5, 0.6) is 0 Å². The Balaban J connectivity index is 1.38. The van der Waals surface area contributed by atoms with Gasteiger partial charge in [-0.05, 0) is 49.3 Å². The lowest BCUT2D eigenvalue weighted by atomic mass is 9.93. The molecule has 2 bridgehead atoms. The molecule has 1 aromatic rings. The van der Waals surface area contributed by atoms with Crippen molar-refractivity contribution in [3.8, 4) is 0 Å². The maximum Gasteiger partial charge on any atom is 0.0426 e. The molecule has 0 spiro atoms. The van der Waals surface area contributed by atoms with Gasteiger partial charge in [0, 0.05) is 42.9 Å². The minimum Gasteiger partial charge on any atom is -0.369 e. The van der Waals surface area contributed by atoms with E-state index in [9.17, 15) is 0 Å². The van der Waals surface area contributed by atoms with E-state index in [2.05, 4.69) is 28.0 Å². The van der Waals surface area contributed by atoms with Crippen LogP contribution < -0.4 is 4.90 Å². The third-order valence-corrected chi connectivity index (χ3v) is 5.89. The Morgan fingerprint density at radius 3 is 2.50 bits per heavy atom. The molecule has 4 rings (SSSR count). The van der Waals surface area contributed by atoms with Crippen molar-refractivity contribution in [2.24, 2.45) is 11.8 Å². The molecular formula is C17H23ClN2. The molecule has 1 heterocycles. The summed E-state index contributed by atoms with van der Waals surface area (Å²) in [4.78, 5) is 5.25. The van der Waals surface area contributed by atoms with Gasteiger partial charge in [-0.2, -0.15) is 0 Å². The largest absolute Gasteiger partial charge is 0.369 e. The summed E-state index contributed by atoms with van der Waals surface area (Å²) in [7, 11) is 0. The third-order valence-electron chi connectivity index (χ3n) is 5.66. The summed E-state index contributed by atoms with van der Waals surface area (Å²) in [6.45, 7) is 4.74. The van der Waals surface area contributed by atoms with Crippen LogP contribution in [0.15, 0.2) is 24.3 Å². The highest BCUT2D eigenvalue weighted by molar-refractivity contribution is 6.30. The lowest BCUT2D eigenvalue weighted by Gasteiger charge is -2.41. The van der Waals surface area contributed by atoms with Crippen LogP contribution in [0.3, 0.4) is 0 Å². The first kappa shape index (κ1) is 13.0. The number of fused-ring (bicyclic) bond motifs is 2. The number of hydrogen-bond donors (Lipinski definition) is 0. The molecule has 2 saturated carbocycles. The summed E-state index contributed by atoms with van der Waals surface area (Å²) >= 11 is 6.10. The molecule has 20 heavy (non-hydrogen) atoms. The van der Waals surface area contributed by atoms with Gasteiger partial charge in [-0.15, -0.1) is 0 Å². The SMILES string of the molecule is Clc1cccc(N2CCN([C@@H]3C[C@@H]4CC[C@@H]3C4)CC2)c1. The number of nitrogens with zero attached hydrogens (tertiary/aromatic N) is 2. The number of rotatable bonds is 2. The molecular weight excluding hydrogens is 268 g/mol. The van der Waals surface area contributed by atoms with E-state index in [1.54, 1.807) is 0 Å². The lowest BCUT2D eigenvalue weighted by molar-refractivity contribution is 0.135. The predicted octanol–water partition coefficient (Wildman–Crippen LogP) is 3.65. The first-order valence-electron chi connectivity index (χ1n) is 8.04. The van der Waals surface area contributed by atoms with Gasteiger partial charge in [0.05, 0.1) is 0 Å². The molecule has 2 nitrogen and oxygen atoms in total. The van der Waals surface area contributed by atoms with Crippen molar-refractivity contribution in [1.82, 2.24) is 4.90 Å². The van der Waals surface area contributed by atoms with E-state index < -0.39 is 0 Å². The number of piperazine rings is 1. The van der Waals surface area contributed by atoms with Gasteiger partial charge in [0.2, 0.25) is 0 Å². The molecule has 3 aliphatic rings. The molecule has 0 N–H and O–H groups in total. The van der Waals surface area contributed by atoms with Crippen molar-refractivity contribution in [1.29, 1.82) is 0 Å². The van der Waals surface area contributed by atoms with E-state index in [-0.39, 0.29) is 0 Å². The van der Waals surface area contributed by atoms with Gasteiger partial charge in [0.25, 0.3) is 0 Å². The van der Waals surface area contributed by atoms with E-state index in [0.29, 0.717) is 0 Å². The first-order chi connectivity index (χ1) is 9.79. The van der Waals surface area contributed by atoms with Gasteiger partial charge in [-0.3, -0.25) is 4.90 Å². The molecule has 0 radical (unpaired) electrons. The van der Waals surface area contributed by atoms with E-state index in [4.69, 9.17) is 11.6 Å². The van der Waals surface area contributed by atoms with E-state index in [1.165, 1.54) is 44.5 Å². The Morgan fingerprint density at radius 1 is 1.00 bits per heavy atom. The third kappa shape index (κ3) is 2.33. The smallest absolute Gasteiger partial charge is 0.0426 e. The summed E-state index contributed by atoms with van der Waals surface area (Å²) in [6, 6.07) is 9.18. The predicted molar refractivity (Wildman–Crippen MR) is 84.5 cm³/mol. The molecule has 0 unspecified atom stereocenters. The summed E-state index contributed by atoms with van der Waals surface area (Å²) in [5.41, 5.74) is 1.28. The summed E-state index contributed by atoms with van der Waals surface area (Å²) < 4.78 is 0. The first-order valence-corrected chi connectivity index (χ1v) is 8.42. The Morgan fingerprint density at radius 2 is 1.85 bits per heavy atom. The van der Waals surface area contributed by atoms with Crippen molar-refractivity contribution in [3.05, 3.63) is 29.3 Å². The van der Waals surface area contributed by atoms with Crippen LogP contribution >= 0.6 is 11.6 Å². The van der Waals surface area contributed by atoms with Crippen LogP contribution in [0.1, 0.15) is 25.7 Å². The fraction of sp³-hybridized carbons (Fsp3) is 0.647. The molecule has 3 heteroatoms. The Labute approximate surface area is 126 Å². The number of halogens is 1. The van der Waals surface area contributed by atoms with Gasteiger partial charge >= 0.3 is 0 Å². The van der Waals surface area contributed by atoms with E-state index in [0.717, 1.165) is 36.0 Å². The maximum atomic E-state index is 6.10. The zero-order valence-electron chi connectivity index (χ0n) is 12.0. The van der Waals surface area contributed by atoms with Crippen LogP contribution in [0.4, 0.5) is 5.69 Å². The standard InChI is InChI=1S/C17H23ClN2/c18-15-2-1-3-16(12-15)19-6-8-20(9-7-19)17-11-13-4-5-14(17)10-13/h1-3,12-14,17H,4-11H2/t13-,14-,17-/m1/s1. The minimum absolute atomic E-state index is 0.845. The molecule has 1 aromatic carbocycles. The van der Waals surface area contributed by atoms with Gasteiger partial charge in [0.15, 0.2) is 0 Å². The second-order valence-electron chi connectivity index (χ2n) is 6.75. The zero-order valence-corrected chi connectivity index (χ0v) is 12.7. The summed E-state index contributed by atoms with van der Waals surface area (Å²) in [5, 5.41) is 0.845. The molecule has 3 atom stereocenters. The fourth-order valence-corrected chi connectivity index (χ4v) is 4.83. The quantitative estimate of drug-likeness (QED) is 0.820. The highest BCUT2D eigenvalue weighted by atomic mass is 35.5. The van der Waals surface area contributed by atoms with Gasteiger partial charge in [0.1, 0.15) is 0 Å². The second-order valence-corrected chi connectivity index (χ2v) is 7.18. The average molecular weight is 291 g/mol. The molecule has 3 fully saturated rings. The highest BCUT2D eigenvalue weighted by Gasteiger charge is 2.42. The average Bonchev–Trinajstić information content (AvgIpc) is 3.10. The maximum absolute atomic E-state index is 6.10. The lowest BCUT2D eigenvalue weighted by Crippen LogP contribution is -2.51. The Hall–Kier alpha value is -0.730. The fourth-order valence-electron chi connectivity index (χ4n) is 4.64. The summed E-state index contributed by atoms with van der Waals surface area (Å²) in [5.74, 6) is 2.06. The molecule has 1 aliphatic heterocycles. The Bertz CT molecular complexity index is 482.